The molecule has 0 fully saturated rings. The van der Waals surface area contributed by atoms with Gasteiger partial charge in [-0.05, 0) is 41.5 Å². The molecule has 33 heavy (non-hydrogen) atoms. The van der Waals surface area contributed by atoms with E-state index in [0.717, 1.165) is 0 Å². The molecule has 0 spiro atoms. The number of nitro benzene ring substituents is 2. The van der Waals surface area contributed by atoms with Crippen molar-refractivity contribution in [2.24, 2.45) is 0 Å². The number of benzene rings is 4. The van der Waals surface area contributed by atoms with Crippen LogP contribution in [0.5, 0.6) is 11.5 Å². The predicted octanol–water partition coefficient (Wildman–Crippen LogP) is 6.19. The highest BCUT2D eigenvalue weighted by Gasteiger charge is 2.21. The minimum Gasteiger partial charge on any atom is -0.449 e. The van der Waals surface area contributed by atoms with Gasteiger partial charge in [0.25, 0.3) is 5.69 Å². The van der Waals surface area contributed by atoms with Crippen LogP contribution in [-0.4, -0.2) is 15.6 Å². The van der Waals surface area contributed by atoms with Crippen LogP contribution in [0, 0.1) is 20.2 Å². The fraction of sp³-hybridized carbons (Fsp3) is 0. The van der Waals surface area contributed by atoms with Crippen molar-refractivity contribution in [3.05, 3.63) is 128 Å². The number of carbonyl (C=O) groups excluding carboxylic acids is 1. The zero-order valence-corrected chi connectivity index (χ0v) is 17.1. The number of rotatable bonds is 7. The van der Waals surface area contributed by atoms with E-state index in [1.165, 1.54) is 36.4 Å². The zero-order valence-electron chi connectivity index (χ0n) is 17.1. The molecule has 0 heterocycles. The van der Waals surface area contributed by atoms with Gasteiger partial charge < -0.3 is 4.74 Å². The van der Waals surface area contributed by atoms with Gasteiger partial charge in [-0.3, -0.25) is 25.0 Å². The molecule has 4 rings (SSSR count). The number of ether oxygens (including phenoxy) is 1. The Labute approximate surface area is 188 Å². The van der Waals surface area contributed by atoms with Crippen LogP contribution in [0.4, 0.5) is 11.4 Å². The first-order valence-corrected chi connectivity index (χ1v) is 9.84. The first-order chi connectivity index (χ1) is 15.9. The van der Waals surface area contributed by atoms with Crippen molar-refractivity contribution in [1.82, 2.24) is 0 Å². The van der Waals surface area contributed by atoms with Crippen molar-refractivity contribution < 1.29 is 19.4 Å². The molecule has 0 radical (unpaired) electrons. The lowest BCUT2D eigenvalue weighted by Crippen LogP contribution is -2.04. The summed E-state index contributed by atoms with van der Waals surface area (Å²) < 4.78 is 5.83. The van der Waals surface area contributed by atoms with Crippen LogP contribution in [0.25, 0.3) is 11.1 Å². The number of hydrogen-bond acceptors (Lipinski definition) is 6. The Balaban J connectivity index is 1.69. The summed E-state index contributed by atoms with van der Waals surface area (Å²) in [5.74, 6) is -0.104. The molecule has 8 nitrogen and oxygen atoms in total. The monoisotopic (exact) mass is 440 g/mol. The van der Waals surface area contributed by atoms with E-state index in [1.807, 2.05) is 0 Å². The SMILES string of the molecule is O=C(c1ccccc1)c1ccccc1Oc1ccc(-c2ccc([N+](=O)[O-])cc2)cc1[N+](=O)[O-]. The number of para-hydroxylation sites is 1. The average Bonchev–Trinajstić information content (AvgIpc) is 2.84. The highest BCUT2D eigenvalue weighted by molar-refractivity contribution is 6.10. The molecule has 4 aromatic rings. The molecule has 0 aromatic heterocycles. The summed E-state index contributed by atoms with van der Waals surface area (Å²) in [5.41, 5.74) is 1.45. The maximum Gasteiger partial charge on any atom is 0.312 e. The van der Waals surface area contributed by atoms with E-state index in [-0.39, 0.29) is 34.2 Å². The van der Waals surface area contributed by atoms with Crippen LogP contribution in [0.2, 0.25) is 0 Å². The third-order valence-corrected chi connectivity index (χ3v) is 4.95. The standard InChI is InChI=1S/C25H16N2O6/c28-25(18-6-2-1-3-7-18)21-8-4-5-9-23(21)33-24-15-12-19(16-22(24)27(31)32)17-10-13-20(14-11-17)26(29)30/h1-16H. The summed E-state index contributed by atoms with van der Waals surface area (Å²) in [6, 6.07) is 25.3. The highest BCUT2D eigenvalue weighted by atomic mass is 16.6. The summed E-state index contributed by atoms with van der Waals surface area (Å²) in [5, 5.41) is 22.6. The number of nitrogens with zero attached hydrogens (tertiary/aromatic N) is 2. The molecule has 0 aliphatic rings. The number of nitro groups is 2. The fourth-order valence-electron chi connectivity index (χ4n) is 3.31. The largest absolute Gasteiger partial charge is 0.449 e. The number of non-ortho nitro benzene ring substituents is 1. The lowest BCUT2D eigenvalue weighted by Gasteiger charge is -2.12. The Morgan fingerprint density at radius 2 is 1.30 bits per heavy atom. The van der Waals surface area contributed by atoms with Gasteiger partial charge in [0.2, 0.25) is 5.75 Å². The fourth-order valence-corrected chi connectivity index (χ4v) is 3.31. The molecule has 0 N–H and O–H groups in total. The van der Waals surface area contributed by atoms with Gasteiger partial charge in [-0.25, -0.2) is 0 Å². The summed E-state index contributed by atoms with van der Waals surface area (Å²) in [6.45, 7) is 0. The first-order valence-electron chi connectivity index (χ1n) is 9.84. The van der Waals surface area contributed by atoms with Crippen molar-refractivity contribution in [3.63, 3.8) is 0 Å². The average molecular weight is 440 g/mol. The van der Waals surface area contributed by atoms with Crippen molar-refractivity contribution in [1.29, 1.82) is 0 Å². The molecule has 0 atom stereocenters. The van der Waals surface area contributed by atoms with Gasteiger partial charge in [-0.1, -0.05) is 48.5 Å². The Morgan fingerprint density at radius 3 is 1.97 bits per heavy atom. The maximum atomic E-state index is 12.9. The Kier molecular flexibility index (Phi) is 5.90. The van der Waals surface area contributed by atoms with Crippen LogP contribution in [0.3, 0.4) is 0 Å². The molecule has 0 aliphatic heterocycles. The van der Waals surface area contributed by atoms with Gasteiger partial charge in [-0.15, -0.1) is 0 Å². The van der Waals surface area contributed by atoms with Crippen molar-refractivity contribution >= 4 is 17.2 Å². The van der Waals surface area contributed by atoms with E-state index >= 15 is 0 Å². The van der Waals surface area contributed by atoms with Crippen LogP contribution >= 0.6 is 0 Å². The van der Waals surface area contributed by atoms with E-state index < -0.39 is 9.85 Å². The molecule has 0 amide bonds. The van der Waals surface area contributed by atoms with E-state index in [2.05, 4.69) is 0 Å². The van der Waals surface area contributed by atoms with E-state index in [0.29, 0.717) is 16.7 Å². The lowest BCUT2D eigenvalue weighted by molar-refractivity contribution is -0.385. The van der Waals surface area contributed by atoms with Crippen LogP contribution < -0.4 is 4.74 Å². The van der Waals surface area contributed by atoms with Crippen LogP contribution in [-0.2, 0) is 0 Å². The topological polar surface area (TPSA) is 113 Å². The first kappa shape index (κ1) is 21.4. The second-order valence-corrected chi connectivity index (χ2v) is 7.04. The smallest absolute Gasteiger partial charge is 0.312 e. The quantitative estimate of drug-likeness (QED) is 0.192. The Hall–Kier alpha value is -4.85. The predicted molar refractivity (Wildman–Crippen MR) is 122 cm³/mol. The van der Waals surface area contributed by atoms with Crippen molar-refractivity contribution in [3.8, 4) is 22.6 Å². The molecule has 0 unspecified atom stereocenters. The van der Waals surface area contributed by atoms with Gasteiger partial charge in [0.1, 0.15) is 5.75 Å². The number of carbonyl (C=O) groups is 1. The second-order valence-electron chi connectivity index (χ2n) is 7.04. The van der Waals surface area contributed by atoms with Crippen LogP contribution in [0.15, 0.2) is 97.1 Å². The molecule has 0 saturated heterocycles. The Bertz CT molecular complexity index is 1350. The minimum absolute atomic E-state index is 0.0287. The molecule has 0 saturated carbocycles. The summed E-state index contributed by atoms with van der Waals surface area (Å²) >= 11 is 0. The van der Waals surface area contributed by atoms with Crippen molar-refractivity contribution in [2.75, 3.05) is 0 Å². The van der Waals surface area contributed by atoms with Crippen LogP contribution in [0.1, 0.15) is 15.9 Å². The molecular formula is C25H16N2O6. The minimum atomic E-state index is -0.578. The van der Waals surface area contributed by atoms with Gasteiger partial charge >= 0.3 is 5.69 Å². The van der Waals surface area contributed by atoms with Gasteiger partial charge in [0.15, 0.2) is 5.78 Å². The Morgan fingerprint density at radius 1 is 0.667 bits per heavy atom. The number of ketones is 1. The molecule has 162 valence electrons. The summed E-state index contributed by atoms with van der Waals surface area (Å²) in [7, 11) is 0. The summed E-state index contributed by atoms with van der Waals surface area (Å²) in [4.78, 5) is 34.4. The van der Waals surface area contributed by atoms with E-state index in [9.17, 15) is 25.0 Å². The van der Waals surface area contributed by atoms with Gasteiger partial charge in [-0.2, -0.15) is 0 Å². The molecule has 0 aliphatic carbocycles. The normalized spacial score (nSPS) is 10.4. The molecular weight excluding hydrogens is 424 g/mol. The third-order valence-electron chi connectivity index (χ3n) is 4.95. The van der Waals surface area contributed by atoms with Gasteiger partial charge in [0, 0.05) is 23.8 Å². The molecule has 0 bridgehead atoms. The number of hydrogen-bond donors (Lipinski definition) is 0. The van der Waals surface area contributed by atoms with Crippen molar-refractivity contribution in [2.45, 2.75) is 0 Å². The van der Waals surface area contributed by atoms with E-state index in [4.69, 9.17) is 4.74 Å². The molecule has 4 aromatic carbocycles. The summed E-state index contributed by atoms with van der Waals surface area (Å²) in [6.07, 6.45) is 0. The van der Waals surface area contributed by atoms with Gasteiger partial charge in [0.05, 0.1) is 15.4 Å². The molecule has 8 heteroatoms. The highest BCUT2D eigenvalue weighted by Crippen LogP contribution is 2.37. The zero-order chi connectivity index (χ0) is 23.4. The second kappa shape index (κ2) is 9.11. The maximum absolute atomic E-state index is 12.9. The lowest BCUT2D eigenvalue weighted by atomic mass is 10.0. The third kappa shape index (κ3) is 4.59. The van der Waals surface area contributed by atoms with E-state index in [1.54, 1.807) is 60.7 Å².